The molecule has 1 aromatic carbocycles. The van der Waals surface area contributed by atoms with Crippen LogP contribution in [0, 0.1) is 0 Å². The maximum Gasteiger partial charge on any atom is 0.402 e. The lowest BCUT2D eigenvalue weighted by atomic mass is 10.1. The van der Waals surface area contributed by atoms with E-state index < -0.39 is 28.8 Å². The number of hydrogen-bond acceptors (Lipinski definition) is 3. The second-order valence-electron chi connectivity index (χ2n) is 4.70. The molecule has 0 aliphatic heterocycles. The van der Waals surface area contributed by atoms with Crippen molar-refractivity contribution in [3.8, 4) is 0 Å². The van der Waals surface area contributed by atoms with Crippen molar-refractivity contribution in [1.82, 2.24) is 4.31 Å². The molecule has 1 atom stereocenters. The van der Waals surface area contributed by atoms with Gasteiger partial charge in [-0.05, 0) is 31.0 Å². The van der Waals surface area contributed by atoms with Crippen molar-refractivity contribution < 1.29 is 26.7 Å². The molecule has 8 heteroatoms. The van der Waals surface area contributed by atoms with Crippen molar-refractivity contribution in [2.45, 2.75) is 37.4 Å². The van der Waals surface area contributed by atoms with Gasteiger partial charge >= 0.3 is 6.18 Å². The van der Waals surface area contributed by atoms with Crippen LogP contribution in [0.3, 0.4) is 0 Å². The first kappa shape index (κ1) is 17.9. The zero-order valence-corrected chi connectivity index (χ0v) is 12.6. The zero-order chi connectivity index (χ0) is 16.3. The summed E-state index contributed by atoms with van der Waals surface area (Å²) in [5, 5.41) is 9.45. The molecule has 0 amide bonds. The summed E-state index contributed by atoms with van der Waals surface area (Å²) < 4.78 is 62.7. The first-order valence-corrected chi connectivity index (χ1v) is 7.87. The normalized spacial score (nSPS) is 14.4. The van der Waals surface area contributed by atoms with Crippen LogP contribution in [0.2, 0.25) is 0 Å². The van der Waals surface area contributed by atoms with E-state index in [2.05, 4.69) is 0 Å². The molecule has 0 heterocycles. The minimum atomic E-state index is -4.61. The molecule has 1 rings (SSSR count). The molecule has 0 saturated carbocycles. The summed E-state index contributed by atoms with van der Waals surface area (Å²) in [4.78, 5) is -0.251. The lowest BCUT2D eigenvalue weighted by Crippen LogP contribution is -2.39. The molecule has 1 aromatic rings. The predicted octanol–water partition coefficient (Wildman–Crippen LogP) is 2.70. The molecule has 4 nitrogen and oxygen atoms in total. The number of hydrogen-bond donors (Lipinski definition) is 1. The van der Waals surface area contributed by atoms with Gasteiger partial charge in [0.25, 0.3) is 0 Å². The third-order valence-electron chi connectivity index (χ3n) is 2.81. The van der Waals surface area contributed by atoms with Gasteiger partial charge in [-0.1, -0.05) is 19.1 Å². The second kappa shape index (κ2) is 6.76. The largest absolute Gasteiger partial charge is 0.402 e. The molecular weight excluding hydrogens is 307 g/mol. The molecule has 1 N–H and O–H groups in total. The first-order valence-electron chi connectivity index (χ1n) is 6.43. The molecule has 0 aliphatic rings. The van der Waals surface area contributed by atoms with Gasteiger partial charge in [0, 0.05) is 6.54 Å². The molecule has 0 radical (unpaired) electrons. The Bertz CT molecular complexity index is 570. The number of aliphatic hydroxyl groups is 1. The Labute approximate surface area is 122 Å². The minimum Gasteiger partial charge on any atom is -0.389 e. The quantitative estimate of drug-likeness (QED) is 0.875. The minimum absolute atomic E-state index is 0.221. The van der Waals surface area contributed by atoms with E-state index in [4.69, 9.17) is 0 Å². The van der Waals surface area contributed by atoms with Gasteiger partial charge in [-0.25, -0.2) is 8.42 Å². The molecule has 0 fully saturated rings. The molecule has 21 heavy (non-hydrogen) atoms. The molecule has 1 unspecified atom stereocenters. The average Bonchev–Trinajstić information content (AvgIpc) is 2.37. The van der Waals surface area contributed by atoms with Crippen molar-refractivity contribution in [1.29, 1.82) is 0 Å². The SMILES string of the molecule is CCCN(CC(F)(F)F)S(=O)(=O)c1cccc(C(C)O)c1. The summed E-state index contributed by atoms with van der Waals surface area (Å²) in [5.41, 5.74) is 0.333. The number of aliphatic hydroxyl groups excluding tert-OH is 1. The van der Waals surface area contributed by atoms with Gasteiger partial charge in [0.05, 0.1) is 11.0 Å². The molecule has 0 spiro atoms. The summed E-state index contributed by atoms with van der Waals surface area (Å²) in [7, 11) is -4.25. The Kier molecular flexibility index (Phi) is 5.77. The fourth-order valence-electron chi connectivity index (χ4n) is 1.82. The van der Waals surface area contributed by atoms with E-state index in [0.717, 1.165) is 0 Å². The van der Waals surface area contributed by atoms with E-state index in [-0.39, 0.29) is 17.9 Å². The average molecular weight is 325 g/mol. The van der Waals surface area contributed by atoms with Gasteiger partial charge in [-0.2, -0.15) is 17.5 Å². The van der Waals surface area contributed by atoms with Crippen LogP contribution in [-0.4, -0.2) is 37.1 Å². The van der Waals surface area contributed by atoms with Crippen LogP contribution in [0.4, 0.5) is 13.2 Å². The van der Waals surface area contributed by atoms with Crippen molar-refractivity contribution in [3.63, 3.8) is 0 Å². The Morgan fingerprint density at radius 3 is 2.43 bits per heavy atom. The number of halogens is 3. The molecule has 0 aliphatic carbocycles. The maximum absolute atomic E-state index is 12.5. The fourth-order valence-corrected chi connectivity index (χ4v) is 3.39. The van der Waals surface area contributed by atoms with Crippen LogP contribution in [0.25, 0.3) is 0 Å². The summed E-state index contributed by atoms with van der Waals surface area (Å²) in [6.07, 6.45) is -5.24. The second-order valence-corrected chi connectivity index (χ2v) is 6.64. The first-order chi connectivity index (χ1) is 9.58. The van der Waals surface area contributed by atoms with Crippen LogP contribution in [0.15, 0.2) is 29.2 Å². The van der Waals surface area contributed by atoms with Crippen LogP contribution >= 0.6 is 0 Å². The van der Waals surface area contributed by atoms with Crippen molar-refractivity contribution >= 4 is 10.0 Å². The van der Waals surface area contributed by atoms with E-state index in [1.807, 2.05) is 0 Å². The Morgan fingerprint density at radius 1 is 1.33 bits per heavy atom. The van der Waals surface area contributed by atoms with Gasteiger partial charge in [0.2, 0.25) is 10.0 Å². The van der Waals surface area contributed by atoms with E-state index >= 15 is 0 Å². The summed E-state index contributed by atoms with van der Waals surface area (Å²) in [6, 6.07) is 5.32. The summed E-state index contributed by atoms with van der Waals surface area (Å²) >= 11 is 0. The Balaban J connectivity index is 3.19. The van der Waals surface area contributed by atoms with Gasteiger partial charge in [0.1, 0.15) is 6.54 Å². The van der Waals surface area contributed by atoms with E-state index in [9.17, 15) is 26.7 Å². The smallest absolute Gasteiger partial charge is 0.389 e. The molecule has 0 aromatic heterocycles. The van der Waals surface area contributed by atoms with E-state index in [1.165, 1.54) is 31.2 Å². The number of sulfonamides is 1. The molecular formula is C13H18F3NO3S. The third-order valence-corrected chi connectivity index (χ3v) is 4.65. The van der Waals surface area contributed by atoms with Crippen LogP contribution in [-0.2, 0) is 10.0 Å². The van der Waals surface area contributed by atoms with Gasteiger partial charge in [0.15, 0.2) is 0 Å². The van der Waals surface area contributed by atoms with Crippen molar-refractivity contribution in [3.05, 3.63) is 29.8 Å². The Morgan fingerprint density at radius 2 is 1.95 bits per heavy atom. The summed E-state index contributed by atoms with van der Waals surface area (Å²) in [5.74, 6) is 0. The standard InChI is InChI=1S/C13H18F3NO3S/c1-3-7-17(9-13(14,15)16)21(19,20)12-6-4-5-11(8-12)10(2)18/h4-6,8,10,18H,3,7,9H2,1-2H3. The van der Waals surface area contributed by atoms with Crippen LogP contribution in [0.1, 0.15) is 31.9 Å². The van der Waals surface area contributed by atoms with Crippen LogP contribution in [0.5, 0.6) is 0 Å². The predicted molar refractivity (Wildman–Crippen MR) is 72.2 cm³/mol. The third kappa shape index (κ3) is 4.98. The van der Waals surface area contributed by atoms with Crippen molar-refractivity contribution in [2.24, 2.45) is 0 Å². The van der Waals surface area contributed by atoms with Gasteiger partial charge < -0.3 is 5.11 Å². The number of benzene rings is 1. The molecule has 120 valence electrons. The highest BCUT2D eigenvalue weighted by Crippen LogP contribution is 2.24. The maximum atomic E-state index is 12.5. The lowest BCUT2D eigenvalue weighted by Gasteiger charge is -2.23. The van der Waals surface area contributed by atoms with Gasteiger partial charge in [-0.3, -0.25) is 0 Å². The lowest BCUT2D eigenvalue weighted by molar-refractivity contribution is -0.136. The number of alkyl halides is 3. The topological polar surface area (TPSA) is 57.6 Å². The van der Waals surface area contributed by atoms with Crippen molar-refractivity contribution in [2.75, 3.05) is 13.1 Å². The van der Waals surface area contributed by atoms with Crippen LogP contribution < -0.4 is 0 Å². The molecule has 0 saturated heterocycles. The van der Waals surface area contributed by atoms with Gasteiger partial charge in [-0.15, -0.1) is 0 Å². The highest BCUT2D eigenvalue weighted by atomic mass is 32.2. The number of rotatable bonds is 6. The zero-order valence-electron chi connectivity index (χ0n) is 11.8. The molecule has 0 bridgehead atoms. The van der Waals surface area contributed by atoms with E-state index in [0.29, 0.717) is 9.87 Å². The summed E-state index contributed by atoms with van der Waals surface area (Å²) in [6.45, 7) is 1.30. The highest BCUT2D eigenvalue weighted by Gasteiger charge is 2.36. The van der Waals surface area contributed by atoms with E-state index in [1.54, 1.807) is 6.92 Å². The fraction of sp³-hybridized carbons (Fsp3) is 0.538. The highest BCUT2D eigenvalue weighted by molar-refractivity contribution is 7.89. The number of nitrogens with zero attached hydrogens (tertiary/aromatic N) is 1. The Hall–Kier alpha value is -1.12. The monoisotopic (exact) mass is 325 g/mol.